The van der Waals surface area contributed by atoms with Crippen LogP contribution in [-0.4, -0.2) is 35.3 Å². The summed E-state index contributed by atoms with van der Waals surface area (Å²) in [7, 11) is 3.26. The number of thioether (sulfide) groups is 1. The molecule has 1 amide bonds. The molecule has 7 heteroatoms. The first-order valence-electron chi connectivity index (χ1n) is 8.20. The maximum atomic E-state index is 12.3. The van der Waals surface area contributed by atoms with E-state index in [4.69, 9.17) is 9.47 Å². The van der Waals surface area contributed by atoms with E-state index in [2.05, 4.69) is 15.3 Å². The molecule has 1 aromatic heterocycles. The van der Waals surface area contributed by atoms with Crippen molar-refractivity contribution in [3.05, 3.63) is 48.0 Å². The van der Waals surface area contributed by atoms with Gasteiger partial charge in [0, 0.05) is 12.6 Å². The van der Waals surface area contributed by atoms with Crippen LogP contribution in [-0.2, 0) is 11.3 Å². The molecule has 0 aliphatic heterocycles. The third-order valence-electron chi connectivity index (χ3n) is 3.95. The zero-order valence-electron chi connectivity index (χ0n) is 14.9. The summed E-state index contributed by atoms with van der Waals surface area (Å²) in [5.41, 5.74) is 2.75. The van der Waals surface area contributed by atoms with E-state index in [-0.39, 0.29) is 11.2 Å². The van der Waals surface area contributed by atoms with Gasteiger partial charge in [0.1, 0.15) is 11.5 Å². The summed E-state index contributed by atoms with van der Waals surface area (Å²) in [4.78, 5) is 20.1. The smallest absolute Gasteiger partial charge is 0.233 e. The third kappa shape index (κ3) is 4.29. The molecule has 1 atom stereocenters. The highest BCUT2D eigenvalue weighted by atomic mass is 32.2. The van der Waals surface area contributed by atoms with Crippen LogP contribution in [0.4, 0.5) is 0 Å². The topological polar surface area (TPSA) is 76.2 Å². The number of aromatic nitrogens is 2. The van der Waals surface area contributed by atoms with E-state index in [0.29, 0.717) is 11.7 Å². The van der Waals surface area contributed by atoms with Gasteiger partial charge in [-0.2, -0.15) is 0 Å². The number of aromatic amines is 1. The molecule has 26 heavy (non-hydrogen) atoms. The molecule has 0 radical (unpaired) electrons. The molecule has 2 aromatic carbocycles. The minimum Gasteiger partial charge on any atom is -0.497 e. The van der Waals surface area contributed by atoms with Crippen molar-refractivity contribution in [1.82, 2.24) is 15.3 Å². The lowest BCUT2D eigenvalue weighted by molar-refractivity contribution is -0.120. The summed E-state index contributed by atoms with van der Waals surface area (Å²) in [5.74, 6) is 1.53. The van der Waals surface area contributed by atoms with Crippen molar-refractivity contribution in [1.29, 1.82) is 0 Å². The Morgan fingerprint density at radius 2 is 1.85 bits per heavy atom. The Bertz CT molecular complexity index is 893. The summed E-state index contributed by atoms with van der Waals surface area (Å²) in [6.07, 6.45) is 0. The summed E-state index contributed by atoms with van der Waals surface area (Å²) < 4.78 is 10.3. The monoisotopic (exact) mass is 371 g/mol. The minimum atomic E-state index is -0.268. The first-order chi connectivity index (χ1) is 12.6. The van der Waals surface area contributed by atoms with Crippen molar-refractivity contribution in [3.8, 4) is 11.5 Å². The Labute approximate surface area is 156 Å². The van der Waals surface area contributed by atoms with Crippen molar-refractivity contribution in [2.24, 2.45) is 0 Å². The molecule has 0 bridgehead atoms. The lowest BCUT2D eigenvalue weighted by atomic mass is 10.2. The molecule has 0 aliphatic carbocycles. The van der Waals surface area contributed by atoms with E-state index in [9.17, 15) is 4.79 Å². The number of methoxy groups -OCH3 is 2. The summed E-state index contributed by atoms with van der Waals surface area (Å²) in [6.45, 7) is 2.34. The maximum absolute atomic E-state index is 12.3. The van der Waals surface area contributed by atoms with Crippen molar-refractivity contribution >= 4 is 28.7 Å². The van der Waals surface area contributed by atoms with Gasteiger partial charge in [-0.25, -0.2) is 4.98 Å². The van der Waals surface area contributed by atoms with E-state index in [1.807, 2.05) is 49.4 Å². The van der Waals surface area contributed by atoms with E-state index < -0.39 is 0 Å². The summed E-state index contributed by atoms with van der Waals surface area (Å²) in [6, 6.07) is 13.3. The lowest BCUT2D eigenvalue weighted by Gasteiger charge is -2.11. The fraction of sp³-hybridized carbons (Fsp3) is 0.263. The largest absolute Gasteiger partial charge is 0.497 e. The van der Waals surface area contributed by atoms with E-state index >= 15 is 0 Å². The molecule has 0 spiro atoms. The fourth-order valence-corrected chi connectivity index (χ4v) is 3.29. The average Bonchev–Trinajstić information content (AvgIpc) is 3.07. The molecule has 0 aliphatic rings. The molecule has 136 valence electrons. The minimum absolute atomic E-state index is 0.0381. The number of rotatable bonds is 7. The SMILES string of the molecule is COc1ccc(CNC(=O)C(C)Sc2nc3ccc(OC)cc3[nH]2)cc1. The Balaban J connectivity index is 1.58. The zero-order chi connectivity index (χ0) is 18.5. The van der Waals surface area contributed by atoms with Crippen molar-refractivity contribution in [3.63, 3.8) is 0 Å². The number of hydrogen-bond donors (Lipinski definition) is 2. The lowest BCUT2D eigenvalue weighted by Crippen LogP contribution is -2.30. The zero-order valence-corrected chi connectivity index (χ0v) is 15.7. The predicted octanol–water partition coefficient (Wildman–Crippen LogP) is 3.38. The number of carbonyl (C=O) groups excluding carboxylic acids is 1. The third-order valence-corrected chi connectivity index (χ3v) is 4.93. The molecule has 1 heterocycles. The number of ether oxygens (including phenoxy) is 2. The van der Waals surface area contributed by atoms with Crippen LogP contribution >= 0.6 is 11.8 Å². The van der Waals surface area contributed by atoms with Gasteiger partial charge in [0.15, 0.2) is 5.16 Å². The normalized spacial score (nSPS) is 12.0. The number of nitrogens with one attached hydrogen (secondary N) is 2. The van der Waals surface area contributed by atoms with Gasteiger partial charge in [-0.05, 0) is 36.8 Å². The number of benzene rings is 2. The van der Waals surface area contributed by atoms with Crippen LogP contribution in [0.25, 0.3) is 11.0 Å². The highest BCUT2D eigenvalue weighted by Crippen LogP contribution is 2.25. The van der Waals surface area contributed by atoms with Crippen molar-refractivity contribution in [2.45, 2.75) is 23.9 Å². The van der Waals surface area contributed by atoms with Crippen molar-refractivity contribution < 1.29 is 14.3 Å². The standard InChI is InChI=1S/C19H21N3O3S/c1-12(18(23)20-11-13-4-6-14(24-2)7-5-13)26-19-21-16-9-8-15(25-3)10-17(16)22-19/h4-10,12H,11H2,1-3H3,(H,20,23)(H,21,22). The Morgan fingerprint density at radius 1 is 1.15 bits per heavy atom. The fourth-order valence-electron chi connectivity index (χ4n) is 2.45. The Kier molecular flexibility index (Phi) is 5.68. The first kappa shape index (κ1) is 18.1. The van der Waals surface area contributed by atoms with Crippen LogP contribution in [0.2, 0.25) is 0 Å². The summed E-state index contributed by atoms with van der Waals surface area (Å²) >= 11 is 1.39. The van der Waals surface area contributed by atoms with Crippen LogP contribution in [0.5, 0.6) is 11.5 Å². The van der Waals surface area contributed by atoms with E-state index in [1.54, 1.807) is 14.2 Å². The number of hydrogen-bond acceptors (Lipinski definition) is 5. The maximum Gasteiger partial charge on any atom is 0.233 e. The van der Waals surface area contributed by atoms with Gasteiger partial charge in [0.05, 0.1) is 30.5 Å². The Hall–Kier alpha value is -2.67. The molecule has 1 unspecified atom stereocenters. The van der Waals surface area contributed by atoms with Crippen LogP contribution in [0.1, 0.15) is 12.5 Å². The van der Waals surface area contributed by atoms with Gasteiger partial charge in [0.25, 0.3) is 0 Å². The van der Waals surface area contributed by atoms with E-state index in [1.165, 1.54) is 11.8 Å². The van der Waals surface area contributed by atoms with Gasteiger partial charge in [-0.15, -0.1) is 0 Å². The van der Waals surface area contributed by atoms with Crippen LogP contribution < -0.4 is 14.8 Å². The summed E-state index contributed by atoms with van der Waals surface area (Å²) in [5, 5.41) is 3.39. The number of fused-ring (bicyclic) bond motifs is 1. The van der Waals surface area contributed by atoms with Gasteiger partial charge in [-0.3, -0.25) is 4.79 Å². The second-order valence-corrected chi connectivity index (χ2v) is 7.08. The highest BCUT2D eigenvalue weighted by Gasteiger charge is 2.16. The number of nitrogens with zero attached hydrogens (tertiary/aromatic N) is 1. The molecule has 0 saturated carbocycles. The number of imidazole rings is 1. The number of carbonyl (C=O) groups is 1. The number of amides is 1. The molecule has 6 nitrogen and oxygen atoms in total. The van der Waals surface area contributed by atoms with Gasteiger partial charge in [0.2, 0.25) is 5.91 Å². The first-order valence-corrected chi connectivity index (χ1v) is 9.08. The van der Waals surface area contributed by atoms with Crippen molar-refractivity contribution in [2.75, 3.05) is 14.2 Å². The average molecular weight is 371 g/mol. The van der Waals surface area contributed by atoms with Gasteiger partial charge in [-0.1, -0.05) is 23.9 Å². The number of H-pyrrole nitrogens is 1. The predicted molar refractivity (Wildman–Crippen MR) is 103 cm³/mol. The van der Waals surface area contributed by atoms with Crippen LogP contribution in [0.3, 0.4) is 0 Å². The molecule has 0 saturated heterocycles. The molecule has 2 N–H and O–H groups in total. The van der Waals surface area contributed by atoms with Gasteiger partial charge < -0.3 is 19.8 Å². The molecular weight excluding hydrogens is 350 g/mol. The molecule has 0 fully saturated rings. The second-order valence-electron chi connectivity index (χ2n) is 5.75. The molecule has 3 rings (SSSR count). The van der Waals surface area contributed by atoms with Crippen LogP contribution in [0, 0.1) is 0 Å². The highest BCUT2D eigenvalue weighted by molar-refractivity contribution is 8.00. The van der Waals surface area contributed by atoms with E-state index in [0.717, 1.165) is 28.1 Å². The Morgan fingerprint density at radius 3 is 2.54 bits per heavy atom. The van der Waals surface area contributed by atoms with Gasteiger partial charge >= 0.3 is 0 Å². The molecule has 3 aromatic rings. The quantitative estimate of drug-likeness (QED) is 0.623. The van der Waals surface area contributed by atoms with Crippen LogP contribution in [0.15, 0.2) is 47.6 Å². The second kappa shape index (κ2) is 8.14. The molecular formula is C19H21N3O3S.